The zero-order valence-corrected chi connectivity index (χ0v) is 34.1. The Morgan fingerprint density at radius 1 is 0.596 bits per heavy atom. The van der Waals surface area contributed by atoms with Crippen molar-refractivity contribution in [3.8, 4) is 49.4 Å². The Morgan fingerprint density at radius 2 is 1.23 bits per heavy atom. The van der Waals surface area contributed by atoms with Crippen LogP contribution in [-0.2, 0) is 16.2 Å². The fourth-order valence-electron chi connectivity index (χ4n) is 7.18. The Labute approximate surface area is 314 Å². The van der Waals surface area contributed by atoms with Gasteiger partial charge in [0.25, 0.3) is 0 Å². The molecule has 52 heavy (non-hydrogen) atoms. The molecule has 7 rings (SSSR count). The number of benzene rings is 5. The Morgan fingerprint density at radius 3 is 1.90 bits per heavy atom. The summed E-state index contributed by atoms with van der Waals surface area (Å²) in [5, 5.41) is 13.0. The standard InChI is InChI=1S/C47H49N3OSe/c1-27-15-14-16-28(2)39(27)35-20-19-33(29-21-30(23-31(22-29)45(3,4)5)40-34-17-12-13-18-38(34)48-26-49-40)41-43(35)52-44(50-41)36-24-32(46(6,7)8)25-37(42(36)51)47(9,10)11/h12-26,51H,1-11H3. The van der Waals surface area contributed by atoms with Gasteiger partial charge in [-0.25, -0.2) is 0 Å². The second kappa shape index (κ2) is 12.8. The second-order valence-corrected chi connectivity index (χ2v) is 19.4. The van der Waals surface area contributed by atoms with Crippen molar-refractivity contribution in [1.82, 2.24) is 15.0 Å². The van der Waals surface area contributed by atoms with Crippen molar-refractivity contribution in [2.75, 3.05) is 0 Å². The summed E-state index contributed by atoms with van der Waals surface area (Å²) in [6.07, 6.45) is 1.67. The summed E-state index contributed by atoms with van der Waals surface area (Å²) < 4.78 is 2.22. The summed E-state index contributed by atoms with van der Waals surface area (Å²) in [4.78, 5) is 14.9. The third-order valence-corrected chi connectivity index (χ3v) is 12.6. The van der Waals surface area contributed by atoms with Crippen LogP contribution in [0.15, 0.2) is 91.3 Å². The van der Waals surface area contributed by atoms with Gasteiger partial charge in [0.1, 0.15) is 0 Å². The van der Waals surface area contributed by atoms with E-state index in [1.54, 1.807) is 6.33 Å². The first-order valence-electron chi connectivity index (χ1n) is 18.2. The second-order valence-electron chi connectivity index (χ2n) is 17.3. The first-order chi connectivity index (χ1) is 24.4. The van der Waals surface area contributed by atoms with Crippen LogP contribution in [-0.4, -0.2) is 34.6 Å². The summed E-state index contributed by atoms with van der Waals surface area (Å²) in [6.45, 7) is 24.4. The molecule has 0 atom stereocenters. The summed E-state index contributed by atoms with van der Waals surface area (Å²) in [6, 6.07) is 30.6. The summed E-state index contributed by atoms with van der Waals surface area (Å²) in [5.41, 5.74) is 14.9. The van der Waals surface area contributed by atoms with Gasteiger partial charge in [-0.05, 0) is 0 Å². The molecule has 0 aliphatic carbocycles. The van der Waals surface area contributed by atoms with Gasteiger partial charge >= 0.3 is 316 Å². The van der Waals surface area contributed by atoms with E-state index in [-0.39, 0.29) is 30.7 Å². The third-order valence-electron chi connectivity index (χ3n) is 10.2. The van der Waals surface area contributed by atoms with Gasteiger partial charge in [-0.2, -0.15) is 0 Å². The molecule has 0 unspecified atom stereocenters. The molecule has 4 nitrogen and oxygen atoms in total. The Bertz CT molecular complexity index is 2480. The van der Waals surface area contributed by atoms with E-state index in [0.29, 0.717) is 5.75 Å². The molecule has 0 amide bonds. The van der Waals surface area contributed by atoms with Crippen molar-refractivity contribution in [2.45, 2.75) is 92.4 Å². The van der Waals surface area contributed by atoms with Crippen LogP contribution in [0.1, 0.15) is 90.1 Å². The van der Waals surface area contributed by atoms with Gasteiger partial charge in [0.15, 0.2) is 0 Å². The number of hydrogen-bond acceptors (Lipinski definition) is 4. The van der Waals surface area contributed by atoms with Crippen LogP contribution < -0.4 is 0 Å². The van der Waals surface area contributed by atoms with Gasteiger partial charge < -0.3 is 0 Å². The van der Waals surface area contributed by atoms with Crippen LogP contribution in [0.3, 0.4) is 0 Å². The van der Waals surface area contributed by atoms with E-state index in [2.05, 4.69) is 154 Å². The van der Waals surface area contributed by atoms with Crippen LogP contribution in [0.4, 0.5) is 0 Å². The average molecular weight is 751 g/mol. The molecule has 0 fully saturated rings. The number of aromatic hydroxyl groups is 1. The zero-order valence-electron chi connectivity index (χ0n) is 32.4. The van der Waals surface area contributed by atoms with Crippen LogP contribution in [0.25, 0.3) is 64.3 Å². The average Bonchev–Trinajstić information content (AvgIpc) is 3.52. The van der Waals surface area contributed by atoms with Crippen LogP contribution in [0.5, 0.6) is 5.75 Å². The van der Waals surface area contributed by atoms with Gasteiger partial charge in [0.2, 0.25) is 0 Å². The van der Waals surface area contributed by atoms with Crippen molar-refractivity contribution < 1.29 is 5.11 Å². The number of hydrogen-bond donors (Lipinski definition) is 1. The van der Waals surface area contributed by atoms with E-state index in [1.165, 1.54) is 37.6 Å². The van der Waals surface area contributed by atoms with Crippen LogP contribution in [0, 0.1) is 13.8 Å². The molecular formula is C47H49N3OSe. The van der Waals surface area contributed by atoms with Gasteiger partial charge in [-0.15, -0.1) is 0 Å². The molecule has 5 heteroatoms. The third kappa shape index (κ3) is 6.50. The molecule has 0 spiro atoms. The molecule has 5 aromatic carbocycles. The van der Waals surface area contributed by atoms with E-state index in [0.717, 1.165) is 54.5 Å². The molecule has 2 heterocycles. The van der Waals surface area contributed by atoms with E-state index < -0.39 is 0 Å². The number of phenols is 1. The molecular weight excluding hydrogens is 701 g/mol. The molecule has 0 bridgehead atoms. The molecule has 0 saturated heterocycles. The van der Waals surface area contributed by atoms with Crippen molar-refractivity contribution in [3.05, 3.63) is 119 Å². The molecule has 0 radical (unpaired) electrons. The quantitative estimate of drug-likeness (QED) is 0.182. The van der Waals surface area contributed by atoms with Gasteiger partial charge in [0, 0.05) is 0 Å². The number of para-hydroxylation sites is 1. The van der Waals surface area contributed by atoms with Crippen molar-refractivity contribution in [1.29, 1.82) is 0 Å². The molecule has 1 N–H and O–H groups in total. The Kier molecular flexibility index (Phi) is 8.84. The minimum absolute atomic E-state index is 0.0923. The molecule has 7 aromatic rings. The van der Waals surface area contributed by atoms with E-state index >= 15 is 0 Å². The van der Waals surface area contributed by atoms with Gasteiger partial charge in [0.05, 0.1) is 0 Å². The number of aromatic nitrogens is 3. The predicted octanol–water partition coefficient (Wildman–Crippen LogP) is 12.1. The monoisotopic (exact) mass is 751 g/mol. The molecule has 0 aliphatic rings. The molecule has 0 aliphatic heterocycles. The maximum absolute atomic E-state index is 12.0. The summed E-state index contributed by atoms with van der Waals surface area (Å²) in [7, 11) is 0. The number of fused-ring (bicyclic) bond motifs is 2. The van der Waals surface area contributed by atoms with E-state index in [4.69, 9.17) is 9.97 Å². The van der Waals surface area contributed by atoms with E-state index in [1.807, 2.05) is 12.1 Å². The topological polar surface area (TPSA) is 58.9 Å². The fraction of sp³-hybridized carbons (Fsp3) is 0.298. The molecule has 0 saturated carbocycles. The number of phenolic OH excluding ortho intramolecular Hbond substituents is 1. The minimum atomic E-state index is -0.233. The summed E-state index contributed by atoms with van der Waals surface area (Å²) >= 11 is -0.161. The Hall–Kier alpha value is -4.57. The zero-order chi connectivity index (χ0) is 37.3. The Balaban J connectivity index is 1.56. The first kappa shape index (κ1) is 35.8. The summed E-state index contributed by atoms with van der Waals surface area (Å²) in [5.74, 6) is 0.344. The molecule has 264 valence electrons. The maximum atomic E-state index is 12.0. The predicted molar refractivity (Wildman–Crippen MR) is 221 cm³/mol. The van der Waals surface area contributed by atoms with Crippen LogP contribution >= 0.6 is 0 Å². The normalized spacial score (nSPS) is 12.6. The number of nitrogens with zero attached hydrogens (tertiary/aromatic N) is 3. The number of rotatable bonds is 4. The molecule has 2 aromatic heterocycles. The van der Waals surface area contributed by atoms with Gasteiger partial charge in [-0.3, -0.25) is 0 Å². The van der Waals surface area contributed by atoms with Crippen molar-refractivity contribution >= 4 is 35.2 Å². The van der Waals surface area contributed by atoms with Crippen molar-refractivity contribution in [3.63, 3.8) is 0 Å². The van der Waals surface area contributed by atoms with E-state index in [9.17, 15) is 5.11 Å². The number of aryl methyl sites for hydroxylation is 2. The SMILES string of the molecule is Cc1cccc(C)c1-c1ccc(-c2cc(-c3ncnc4ccccc34)cc(C(C)(C)C)c2)c2nc(-c3cc(C(C)(C)C)cc(C(C)(C)C)c3O)[se]c12. The van der Waals surface area contributed by atoms with Crippen molar-refractivity contribution in [2.24, 2.45) is 0 Å². The fourth-order valence-corrected chi connectivity index (χ4v) is 9.55. The first-order valence-corrected chi connectivity index (χ1v) is 19.9. The van der Waals surface area contributed by atoms with Gasteiger partial charge in [-0.1, -0.05) is 0 Å². The van der Waals surface area contributed by atoms with Crippen LogP contribution in [0.2, 0.25) is 0 Å².